The Morgan fingerprint density at radius 3 is 2.68 bits per heavy atom. The molecule has 3 aromatic rings. The van der Waals surface area contributed by atoms with Gasteiger partial charge in [-0.05, 0) is 56.4 Å². The van der Waals surface area contributed by atoms with Crippen LogP contribution in [0.2, 0.25) is 0 Å². The van der Waals surface area contributed by atoms with E-state index >= 15 is 0 Å². The summed E-state index contributed by atoms with van der Waals surface area (Å²) in [5.74, 6) is 3.31. The molecule has 0 aliphatic heterocycles. The number of hydrogen-bond acceptors (Lipinski definition) is 7. The lowest BCUT2D eigenvalue weighted by atomic mass is 10.1. The highest BCUT2D eigenvalue weighted by molar-refractivity contribution is 5.92. The summed E-state index contributed by atoms with van der Waals surface area (Å²) in [5, 5.41) is 18.0. The number of aromatic nitrogens is 2. The molecule has 2 fully saturated rings. The van der Waals surface area contributed by atoms with Crippen molar-refractivity contribution < 1.29 is 9.84 Å². The van der Waals surface area contributed by atoms with Crippen molar-refractivity contribution >= 4 is 22.4 Å². The van der Waals surface area contributed by atoms with Gasteiger partial charge in [0.25, 0.3) is 0 Å². The average Bonchev–Trinajstić information content (AvgIpc) is 3.63. The van der Waals surface area contributed by atoms with Gasteiger partial charge in [0.1, 0.15) is 17.4 Å². The number of anilines is 2. The van der Waals surface area contributed by atoms with Crippen molar-refractivity contribution in [1.82, 2.24) is 15.3 Å². The van der Waals surface area contributed by atoms with Crippen molar-refractivity contribution in [2.45, 2.75) is 56.7 Å². The molecule has 1 heterocycles. The minimum absolute atomic E-state index is 0.123. The number of nitrogens with zero attached hydrogens (tertiary/aromatic N) is 3. The summed E-state index contributed by atoms with van der Waals surface area (Å²) in [7, 11) is 3.72. The van der Waals surface area contributed by atoms with Crippen molar-refractivity contribution in [1.29, 1.82) is 0 Å². The SMILES string of the molecule is COc1ccccc1CNC1CCCC1Nc1nc(C2CC2)nc2ccc(N(C)CCO)cc12. The summed E-state index contributed by atoms with van der Waals surface area (Å²) in [6.45, 7) is 1.49. The summed E-state index contributed by atoms with van der Waals surface area (Å²) >= 11 is 0. The third-order valence-electron chi connectivity index (χ3n) is 7.10. The predicted octanol–water partition coefficient (Wildman–Crippen LogP) is 4.07. The summed E-state index contributed by atoms with van der Waals surface area (Å²) in [5.41, 5.74) is 3.22. The Morgan fingerprint density at radius 1 is 1.06 bits per heavy atom. The second-order valence-electron chi connectivity index (χ2n) is 9.53. The van der Waals surface area contributed by atoms with Gasteiger partial charge in [0, 0.05) is 54.8 Å². The van der Waals surface area contributed by atoms with Gasteiger partial charge in [-0.1, -0.05) is 18.2 Å². The maximum absolute atomic E-state index is 9.36. The van der Waals surface area contributed by atoms with Crippen molar-refractivity contribution in [2.75, 3.05) is 37.5 Å². The Balaban J connectivity index is 1.39. The number of benzene rings is 2. The maximum atomic E-state index is 9.36. The van der Waals surface area contributed by atoms with Crippen LogP contribution in [0.3, 0.4) is 0 Å². The summed E-state index contributed by atoms with van der Waals surface area (Å²) in [4.78, 5) is 12.0. The normalized spacial score (nSPS) is 20.0. The highest BCUT2D eigenvalue weighted by atomic mass is 16.5. The molecule has 2 aliphatic rings. The predicted molar refractivity (Wildman–Crippen MR) is 137 cm³/mol. The molecular weight excluding hydrogens is 426 g/mol. The van der Waals surface area contributed by atoms with Crippen LogP contribution in [-0.2, 0) is 6.54 Å². The number of nitrogens with one attached hydrogen (secondary N) is 2. The van der Waals surface area contributed by atoms with Crippen LogP contribution in [0.1, 0.15) is 49.4 Å². The largest absolute Gasteiger partial charge is 0.496 e. The van der Waals surface area contributed by atoms with Crippen LogP contribution >= 0.6 is 0 Å². The monoisotopic (exact) mass is 461 g/mol. The van der Waals surface area contributed by atoms with Crippen LogP contribution < -0.4 is 20.3 Å². The summed E-state index contributed by atoms with van der Waals surface area (Å²) < 4.78 is 5.53. The van der Waals surface area contributed by atoms with E-state index in [4.69, 9.17) is 14.7 Å². The zero-order valence-electron chi connectivity index (χ0n) is 20.1. The van der Waals surface area contributed by atoms with Gasteiger partial charge in [-0.3, -0.25) is 0 Å². The molecule has 5 rings (SSSR count). The molecule has 34 heavy (non-hydrogen) atoms. The molecule has 2 saturated carbocycles. The van der Waals surface area contributed by atoms with Gasteiger partial charge in [0.05, 0.1) is 19.2 Å². The smallest absolute Gasteiger partial charge is 0.137 e. The van der Waals surface area contributed by atoms with Crippen LogP contribution in [0.4, 0.5) is 11.5 Å². The van der Waals surface area contributed by atoms with E-state index in [1.54, 1.807) is 7.11 Å². The molecule has 0 spiro atoms. The van der Waals surface area contributed by atoms with Gasteiger partial charge in [-0.25, -0.2) is 9.97 Å². The topological polar surface area (TPSA) is 82.5 Å². The van der Waals surface area contributed by atoms with Crippen LogP contribution in [0, 0.1) is 0 Å². The number of rotatable bonds is 10. The molecule has 180 valence electrons. The number of likely N-dealkylation sites (N-methyl/N-ethyl adjacent to an activating group) is 1. The first-order valence-electron chi connectivity index (χ1n) is 12.4. The van der Waals surface area contributed by atoms with Gasteiger partial charge in [-0.2, -0.15) is 0 Å². The zero-order chi connectivity index (χ0) is 23.5. The van der Waals surface area contributed by atoms with E-state index in [1.165, 1.54) is 24.8 Å². The van der Waals surface area contributed by atoms with E-state index in [9.17, 15) is 5.11 Å². The minimum atomic E-state index is 0.123. The molecule has 2 aliphatic carbocycles. The van der Waals surface area contributed by atoms with E-state index < -0.39 is 0 Å². The van der Waals surface area contributed by atoms with Gasteiger partial charge in [0.15, 0.2) is 0 Å². The first-order valence-corrected chi connectivity index (χ1v) is 12.4. The third kappa shape index (κ3) is 4.95. The molecule has 2 unspecified atom stereocenters. The molecule has 3 N–H and O–H groups in total. The Kier molecular flexibility index (Phi) is 6.83. The van der Waals surface area contributed by atoms with Gasteiger partial charge in [-0.15, -0.1) is 0 Å². The van der Waals surface area contributed by atoms with E-state index in [2.05, 4.69) is 45.9 Å². The highest BCUT2D eigenvalue weighted by Gasteiger charge is 2.30. The number of ether oxygens (including phenoxy) is 1. The number of hydrogen-bond donors (Lipinski definition) is 3. The van der Waals surface area contributed by atoms with Crippen LogP contribution in [0.25, 0.3) is 10.9 Å². The van der Waals surface area contributed by atoms with Crippen molar-refractivity contribution in [3.05, 3.63) is 53.9 Å². The standard InChI is InChI=1S/C27H35N5O2/c1-32(14-15-33)20-12-13-22-21(16-20)27(31-26(29-22)18-10-11-18)30-24-8-5-7-23(24)28-17-19-6-3-4-9-25(19)34-2/h3-4,6,9,12-13,16,18,23-24,28,33H,5,7-8,10-11,14-15,17H2,1-2H3,(H,29,30,31). The Bertz CT molecular complexity index is 1130. The van der Waals surface area contributed by atoms with Crippen molar-refractivity contribution in [2.24, 2.45) is 0 Å². The van der Waals surface area contributed by atoms with Gasteiger partial charge < -0.3 is 25.4 Å². The minimum Gasteiger partial charge on any atom is -0.496 e. The highest BCUT2D eigenvalue weighted by Crippen LogP contribution is 2.40. The molecule has 0 amide bonds. The van der Waals surface area contributed by atoms with Crippen LogP contribution in [-0.4, -0.2) is 54.5 Å². The Morgan fingerprint density at radius 2 is 1.88 bits per heavy atom. The second kappa shape index (κ2) is 10.2. The van der Waals surface area contributed by atoms with Gasteiger partial charge in [0.2, 0.25) is 0 Å². The first-order chi connectivity index (χ1) is 16.7. The second-order valence-corrected chi connectivity index (χ2v) is 9.53. The zero-order valence-corrected chi connectivity index (χ0v) is 20.1. The number of para-hydroxylation sites is 1. The van der Waals surface area contributed by atoms with E-state index in [-0.39, 0.29) is 6.61 Å². The van der Waals surface area contributed by atoms with E-state index in [0.29, 0.717) is 24.5 Å². The molecule has 7 nitrogen and oxygen atoms in total. The molecule has 1 aromatic heterocycles. The first kappa shape index (κ1) is 22.9. The quantitative estimate of drug-likeness (QED) is 0.420. The summed E-state index contributed by atoms with van der Waals surface area (Å²) in [6.07, 6.45) is 5.78. The lowest BCUT2D eigenvalue weighted by Crippen LogP contribution is -2.40. The average molecular weight is 462 g/mol. The van der Waals surface area contributed by atoms with E-state index in [0.717, 1.165) is 53.4 Å². The number of aliphatic hydroxyl groups excluding tert-OH is 1. The molecule has 0 saturated heterocycles. The van der Waals surface area contributed by atoms with Gasteiger partial charge >= 0.3 is 0 Å². The summed E-state index contributed by atoms with van der Waals surface area (Å²) in [6, 6.07) is 15.2. The van der Waals surface area contributed by atoms with Crippen molar-refractivity contribution in [3.63, 3.8) is 0 Å². The van der Waals surface area contributed by atoms with Crippen LogP contribution in [0.15, 0.2) is 42.5 Å². The maximum Gasteiger partial charge on any atom is 0.137 e. The molecule has 7 heteroatoms. The lowest BCUT2D eigenvalue weighted by Gasteiger charge is -2.25. The van der Waals surface area contributed by atoms with E-state index in [1.807, 2.05) is 19.2 Å². The molecule has 2 atom stereocenters. The fourth-order valence-electron chi connectivity index (χ4n) is 4.93. The van der Waals surface area contributed by atoms with Crippen molar-refractivity contribution in [3.8, 4) is 5.75 Å². The Hall–Kier alpha value is -2.90. The fraction of sp³-hybridized carbons (Fsp3) is 0.481. The third-order valence-corrected chi connectivity index (χ3v) is 7.10. The fourth-order valence-corrected chi connectivity index (χ4v) is 4.93. The number of methoxy groups -OCH3 is 1. The lowest BCUT2D eigenvalue weighted by molar-refractivity contribution is 0.304. The van der Waals surface area contributed by atoms with Crippen LogP contribution in [0.5, 0.6) is 5.75 Å². The Labute approximate surface area is 201 Å². The molecule has 0 bridgehead atoms. The number of aliphatic hydroxyl groups is 1. The molecular formula is C27H35N5O2. The molecule has 0 radical (unpaired) electrons. The number of fused-ring (bicyclic) bond motifs is 1. The molecule has 2 aromatic carbocycles.